The predicted octanol–water partition coefficient (Wildman–Crippen LogP) is 2.92. The third kappa shape index (κ3) is 6.40. The molecular weight excluding hydrogens is 550 g/mol. The molecule has 2 bridgehead atoms. The standard InChI is InChI=1S/C33H45N3O7/c1-6-8-15-25(38)42-21-23(22-13-10-9-11-14-22)34-29(39)26-24-16-17-33(43-24)27(26)30(40)35(19-12-20-37)28(33)31(41)36(18-7-2)32(3,4)5/h6-7,9-11,13-14,23-24,26-28,37H,1-2,8,12,15-21H2,3-5H3,(H,34,39)/t23-,24-,26+,27+,28-,33+/m1/s1. The first kappa shape index (κ1) is 32.4. The number of hydrogen-bond acceptors (Lipinski definition) is 7. The van der Waals surface area contributed by atoms with Crippen molar-refractivity contribution in [1.82, 2.24) is 15.1 Å². The van der Waals surface area contributed by atoms with Crippen LogP contribution >= 0.6 is 0 Å². The van der Waals surface area contributed by atoms with Crippen molar-refractivity contribution in [3.8, 4) is 0 Å². The zero-order chi connectivity index (χ0) is 31.4. The SMILES string of the molecule is C=CCCC(=O)OC[C@@H](NC(=O)[C@@H]1[C@H]2C(=O)N(CCCO)[C@H](C(=O)N(CC=C)C(C)(C)C)[C@]23CC[C@H]1O3)c1ccccc1. The van der Waals surface area contributed by atoms with Crippen molar-refractivity contribution in [1.29, 1.82) is 0 Å². The van der Waals surface area contributed by atoms with Crippen LogP contribution in [0.2, 0.25) is 0 Å². The molecule has 4 rings (SSSR count). The first-order valence-corrected chi connectivity index (χ1v) is 15.1. The quantitative estimate of drug-likeness (QED) is 0.250. The molecule has 3 saturated heterocycles. The average molecular weight is 596 g/mol. The molecule has 1 aromatic rings. The Morgan fingerprint density at radius 2 is 1.95 bits per heavy atom. The normalized spacial score (nSPS) is 26.5. The summed E-state index contributed by atoms with van der Waals surface area (Å²) < 4.78 is 12.0. The molecule has 0 radical (unpaired) electrons. The molecule has 234 valence electrons. The van der Waals surface area contributed by atoms with E-state index in [9.17, 15) is 24.3 Å². The minimum atomic E-state index is -1.15. The fourth-order valence-electron chi connectivity index (χ4n) is 6.83. The van der Waals surface area contributed by atoms with Gasteiger partial charge in [-0.3, -0.25) is 19.2 Å². The molecular formula is C33H45N3O7. The molecule has 1 spiro atoms. The Bertz CT molecular complexity index is 1210. The van der Waals surface area contributed by atoms with Crippen LogP contribution in [0.25, 0.3) is 0 Å². The number of aliphatic hydroxyl groups excluding tert-OH is 1. The van der Waals surface area contributed by atoms with Crippen molar-refractivity contribution in [2.45, 2.75) is 82.2 Å². The largest absolute Gasteiger partial charge is 0.463 e. The highest BCUT2D eigenvalue weighted by atomic mass is 16.5. The Labute approximate surface area is 254 Å². The molecule has 3 heterocycles. The molecule has 43 heavy (non-hydrogen) atoms. The molecule has 0 aliphatic carbocycles. The first-order valence-electron chi connectivity index (χ1n) is 15.1. The number of likely N-dealkylation sites (tertiary alicyclic amines) is 1. The molecule has 6 atom stereocenters. The van der Waals surface area contributed by atoms with Gasteiger partial charge >= 0.3 is 5.97 Å². The van der Waals surface area contributed by atoms with Crippen LogP contribution in [-0.2, 0) is 28.7 Å². The van der Waals surface area contributed by atoms with Gasteiger partial charge < -0.3 is 29.7 Å². The lowest BCUT2D eigenvalue weighted by Gasteiger charge is -2.42. The van der Waals surface area contributed by atoms with Gasteiger partial charge in [-0.2, -0.15) is 0 Å². The highest BCUT2D eigenvalue weighted by molar-refractivity contribution is 5.99. The van der Waals surface area contributed by atoms with E-state index in [4.69, 9.17) is 9.47 Å². The van der Waals surface area contributed by atoms with Crippen LogP contribution in [0.15, 0.2) is 55.6 Å². The van der Waals surface area contributed by atoms with Gasteiger partial charge in [0.05, 0.1) is 24.0 Å². The fraction of sp³-hybridized carbons (Fsp3) is 0.576. The summed E-state index contributed by atoms with van der Waals surface area (Å²) in [6, 6.07) is 7.65. The van der Waals surface area contributed by atoms with E-state index in [1.807, 2.05) is 51.1 Å². The number of esters is 1. The lowest BCUT2D eigenvalue weighted by atomic mass is 9.70. The number of aliphatic hydroxyl groups is 1. The zero-order valence-corrected chi connectivity index (χ0v) is 25.5. The number of amides is 3. The van der Waals surface area contributed by atoms with Gasteiger partial charge in [0.1, 0.15) is 18.2 Å². The van der Waals surface area contributed by atoms with Gasteiger partial charge in [-0.05, 0) is 52.0 Å². The van der Waals surface area contributed by atoms with Crippen LogP contribution in [0.1, 0.15) is 64.5 Å². The number of ether oxygens (including phenoxy) is 2. The van der Waals surface area contributed by atoms with Crippen LogP contribution in [0, 0.1) is 11.8 Å². The van der Waals surface area contributed by atoms with Gasteiger partial charge in [-0.15, -0.1) is 13.2 Å². The summed E-state index contributed by atoms with van der Waals surface area (Å²) in [5, 5.41) is 12.6. The Hall–Kier alpha value is -3.50. The van der Waals surface area contributed by atoms with E-state index >= 15 is 0 Å². The second-order valence-electron chi connectivity index (χ2n) is 12.6. The third-order valence-corrected chi connectivity index (χ3v) is 8.76. The van der Waals surface area contributed by atoms with Gasteiger partial charge in [0, 0.05) is 31.7 Å². The topological polar surface area (TPSA) is 125 Å². The second kappa shape index (κ2) is 13.4. The second-order valence-corrected chi connectivity index (χ2v) is 12.6. The van der Waals surface area contributed by atoms with Crippen molar-refractivity contribution in [3.63, 3.8) is 0 Å². The Morgan fingerprint density at radius 1 is 1.23 bits per heavy atom. The lowest BCUT2D eigenvalue weighted by Crippen LogP contribution is -2.60. The van der Waals surface area contributed by atoms with Crippen LogP contribution in [-0.4, -0.2) is 88.2 Å². The van der Waals surface area contributed by atoms with Crippen molar-refractivity contribution in [3.05, 3.63) is 61.2 Å². The van der Waals surface area contributed by atoms with Gasteiger partial charge in [0.2, 0.25) is 17.7 Å². The molecule has 1 aromatic carbocycles. The van der Waals surface area contributed by atoms with E-state index < -0.39 is 47.1 Å². The van der Waals surface area contributed by atoms with E-state index in [1.165, 1.54) is 4.90 Å². The summed E-state index contributed by atoms with van der Waals surface area (Å²) in [6.45, 7) is 13.5. The smallest absolute Gasteiger partial charge is 0.306 e. The minimum absolute atomic E-state index is 0.0699. The number of benzene rings is 1. The molecule has 10 nitrogen and oxygen atoms in total. The van der Waals surface area contributed by atoms with Crippen molar-refractivity contribution >= 4 is 23.7 Å². The number of carbonyl (C=O) groups is 4. The molecule has 0 unspecified atom stereocenters. The number of hydrogen-bond donors (Lipinski definition) is 2. The van der Waals surface area contributed by atoms with Gasteiger partial charge in [0.15, 0.2) is 0 Å². The summed E-state index contributed by atoms with van der Waals surface area (Å²) >= 11 is 0. The highest BCUT2D eigenvalue weighted by Gasteiger charge is 2.74. The summed E-state index contributed by atoms with van der Waals surface area (Å²) in [5.41, 5.74) is -0.947. The summed E-state index contributed by atoms with van der Waals surface area (Å²) in [4.78, 5) is 57.9. The van der Waals surface area contributed by atoms with E-state index in [0.29, 0.717) is 32.2 Å². The average Bonchev–Trinajstić information content (AvgIpc) is 3.62. The van der Waals surface area contributed by atoms with Crippen molar-refractivity contribution < 1.29 is 33.8 Å². The maximum Gasteiger partial charge on any atom is 0.306 e. The zero-order valence-electron chi connectivity index (χ0n) is 25.5. The Morgan fingerprint density at radius 3 is 2.58 bits per heavy atom. The summed E-state index contributed by atoms with van der Waals surface area (Å²) in [7, 11) is 0. The van der Waals surface area contributed by atoms with Gasteiger partial charge in [-0.25, -0.2) is 0 Å². The first-order chi connectivity index (χ1) is 20.5. The number of fused-ring (bicyclic) bond motifs is 1. The molecule has 3 amide bonds. The Kier molecular flexibility index (Phi) is 10.1. The molecule has 2 N–H and O–H groups in total. The predicted molar refractivity (Wildman–Crippen MR) is 160 cm³/mol. The molecule has 3 aliphatic heterocycles. The molecule has 0 saturated carbocycles. The van der Waals surface area contributed by atoms with E-state index in [2.05, 4.69) is 18.5 Å². The number of nitrogens with one attached hydrogen (secondary N) is 1. The van der Waals surface area contributed by atoms with Crippen molar-refractivity contribution in [2.24, 2.45) is 11.8 Å². The Balaban J connectivity index is 1.63. The minimum Gasteiger partial charge on any atom is -0.463 e. The molecule has 3 aliphatic rings. The van der Waals surface area contributed by atoms with E-state index in [0.717, 1.165) is 5.56 Å². The number of rotatable bonds is 14. The van der Waals surface area contributed by atoms with Crippen LogP contribution in [0.5, 0.6) is 0 Å². The molecule has 10 heteroatoms. The van der Waals surface area contributed by atoms with E-state index in [1.54, 1.807) is 17.1 Å². The van der Waals surface area contributed by atoms with Crippen LogP contribution in [0.3, 0.4) is 0 Å². The molecule has 3 fully saturated rings. The summed E-state index contributed by atoms with van der Waals surface area (Å²) in [6.07, 6.45) is 4.74. The number of allylic oxidation sites excluding steroid dienone is 1. The maximum absolute atomic E-state index is 14.3. The number of nitrogens with zero attached hydrogens (tertiary/aromatic N) is 2. The van der Waals surface area contributed by atoms with E-state index in [-0.39, 0.29) is 43.9 Å². The molecule has 0 aromatic heterocycles. The van der Waals surface area contributed by atoms with Gasteiger partial charge in [0.25, 0.3) is 0 Å². The highest BCUT2D eigenvalue weighted by Crippen LogP contribution is 2.58. The van der Waals surface area contributed by atoms with Crippen LogP contribution < -0.4 is 5.32 Å². The fourth-order valence-corrected chi connectivity index (χ4v) is 6.83. The lowest BCUT2D eigenvalue weighted by molar-refractivity contribution is -0.151. The van der Waals surface area contributed by atoms with Crippen LogP contribution in [0.4, 0.5) is 0 Å². The van der Waals surface area contributed by atoms with Crippen molar-refractivity contribution in [2.75, 3.05) is 26.3 Å². The monoisotopic (exact) mass is 595 g/mol. The van der Waals surface area contributed by atoms with Gasteiger partial charge in [-0.1, -0.05) is 42.5 Å². The third-order valence-electron chi connectivity index (χ3n) is 8.76. The summed E-state index contributed by atoms with van der Waals surface area (Å²) in [5.74, 6) is -3.01. The maximum atomic E-state index is 14.3. The number of carbonyl (C=O) groups excluding carboxylic acids is 4.